The van der Waals surface area contributed by atoms with Crippen LogP contribution in [0, 0.1) is 5.92 Å². The van der Waals surface area contributed by atoms with Gasteiger partial charge < -0.3 is 5.11 Å². The zero-order valence-corrected chi connectivity index (χ0v) is 11.0. The largest absolute Gasteiger partial charge is 0.478 e. The van der Waals surface area contributed by atoms with Gasteiger partial charge in [0.2, 0.25) is 0 Å². The van der Waals surface area contributed by atoms with Crippen LogP contribution in [0.4, 0.5) is 0 Å². The molecule has 0 spiro atoms. The number of allylic oxidation sites excluding steroid dienone is 1. The summed E-state index contributed by atoms with van der Waals surface area (Å²) in [5.74, 6) is -0.345. The Balaban J connectivity index is 3.83. The number of hydrogen-bond donors (Lipinski definition) is 1. The molecule has 1 N–H and O–H groups in total. The van der Waals surface area contributed by atoms with Gasteiger partial charge in [0.05, 0.1) is 0 Å². The van der Waals surface area contributed by atoms with Crippen molar-refractivity contribution in [2.45, 2.75) is 65.7 Å². The lowest BCUT2D eigenvalue weighted by Crippen LogP contribution is -2.02. The fourth-order valence-corrected chi connectivity index (χ4v) is 1.84. The molecule has 0 aliphatic heterocycles. The summed E-state index contributed by atoms with van der Waals surface area (Å²) >= 11 is 0. The predicted molar refractivity (Wildman–Crippen MR) is 68.5 cm³/mol. The number of aliphatic carboxylic acids is 1. The van der Waals surface area contributed by atoms with E-state index in [4.69, 9.17) is 5.11 Å². The Kier molecular flexibility index (Phi) is 8.97. The normalized spacial score (nSPS) is 13.8. The number of hydrogen-bond acceptors (Lipinski definition) is 1. The number of carboxylic acid groups (broad SMARTS) is 1. The van der Waals surface area contributed by atoms with Gasteiger partial charge in [0.15, 0.2) is 0 Å². The van der Waals surface area contributed by atoms with Gasteiger partial charge in [-0.1, -0.05) is 52.0 Å². The Morgan fingerprint density at radius 3 is 2.31 bits per heavy atom. The summed E-state index contributed by atoms with van der Waals surface area (Å²) in [6, 6.07) is 0. The van der Waals surface area contributed by atoms with Crippen molar-refractivity contribution in [3.63, 3.8) is 0 Å². The third kappa shape index (κ3) is 7.49. The van der Waals surface area contributed by atoms with Crippen LogP contribution in [0.15, 0.2) is 11.6 Å². The molecule has 0 saturated carbocycles. The van der Waals surface area contributed by atoms with Crippen LogP contribution in [0.25, 0.3) is 0 Å². The summed E-state index contributed by atoms with van der Waals surface area (Å²) < 4.78 is 0. The van der Waals surface area contributed by atoms with Crippen LogP contribution in [-0.2, 0) is 4.79 Å². The van der Waals surface area contributed by atoms with Crippen LogP contribution in [0.1, 0.15) is 65.7 Å². The average molecular weight is 226 g/mol. The van der Waals surface area contributed by atoms with Crippen LogP contribution >= 0.6 is 0 Å². The van der Waals surface area contributed by atoms with E-state index >= 15 is 0 Å². The number of unbranched alkanes of at least 4 members (excludes halogenated alkanes) is 4. The number of carbonyl (C=O) groups is 1. The highest BCUT2D eigenvalue weighted by molar-refractivity contribution is 5.85. The fraction of sp³-hybridized carbons (Fsp3) is 0.786. The quantitative estimate of drug-likeness (QED) is 0.467. The molecule has 0 radical (unpaired) electrons. The lowest BCUT2D eigenvalue weighted by molar-refractivity contribution is -0.132. The molecular weight excluding hydrogens is 200 g/mol. The van der Waals surface area contributed by atoms with Gasteiger partial charge in [-0.15, -0.1) is 0 Å². The third-order valence-electron chi connectivity index (χ3n) is 3.03. The van der Waals surface area contributed by atoms with E-state index in [1.54, 1.807) is 6.92 Å². The van der Waals surface area contributed by atoms with Gasteiger partial charge >= 0.3 is 5.97 Å². The van der Waals surface area contributed by atoms with Crippen LogP contribution in [0.2, 0.25) is 0 Å². The molecule has 0 rings (SSSR count). The molecule has 0 saturated heterocycles. The maximum absolute atomic E-state index is 10.7. The standard InChI is InChI=1S/C14H26O2/c1-4-6-7-8-9-10-13(5-2)11-12(3)14(15)16/h11,13H,4-10H2,1-3H3,(H,15,16). The van der Waals surface area contributed by atoms with Gasteiger partial charge in [-0.25, -0.2) is 4.79 Å². The van der Waals surface area contributed by atoms with Crippen molar-refractivity contribution in [1.29, 1.82) is 0 Å². The first kappa shape index (κ1) is 15.2. The molecule has 0 fully saturated rings. The summed E-state index contributed by atoms with van der Waals surface area (Å²) in [6.45, 7) is 6.03. The summed E-state index contributed by atoms with van der Waals surface area (Å²) in [5, 5.41) is 8.80. The Hall–Kier alpha value is -0.790. The molecule has 2 heteroatoms. The van der Waals surface area contributed by atoms with E-state index in [9.17, 15) is 4.79 Å². The molecule has 0 aliphatic carbocycles. The topological polar surface area (TPSA) is 37.3 Å². The second-order valence-electron chi connectivity index (χ2n) is 4.53. The summed E-state index contributed by atoms with van der Waals surface area (Å²) in [4.78, 5) is 10.7. The molecule has 0 aromatic heterocycles. The van der Waals surface area contributed by atoms with Crippen LogP contribution < -0.4 is 0 Å². The Morgan fingerprint density at radius 1 is 1.19 bits per heavy atom. The van der Waals surface area contributed by atoms with Crippen molar-refractivity contribution in [2.75, 3.05) is 0 Å². The first-order chi connectivity index (χ1) is 7.61. The van der Waals surface area contributed by atoms with Crippen molar-refractivity contribution < 1.29 is 9.90 Å². The van der Waals surface area contributed by atoms with Crippen LogP contribution in [0.5, 0.6) is 0 Å². The molecule has 94 valence electrons. The third-order valence-corrected chi connectivity index (χ3v) is 3.03. The number of carboxylic acids is 1. The van der Waals surface area contributed by atoms with E-state index in [0.717, 1.165) is 12.8 Å². The van der Waals surface area contributed by atoms with Crippen molar-refractivity contribution in [3.8, 4) is 0 Å². The Labute approximate surface area is 99.7 Å². The molecule has 2 nitrogen and oxygen atoms in total. The minimum Gasteiger partial charge on any atom is -0.478 e. The maximum Gasteiger partial charge on any atom is 0.330 e. The lowest BCUT2D eigenvalue weighted by Gasteiger charge is -2.10. The zero-order valence-electron chi connectivity index (χ0n) is 11.0. The maximum atomic E-state index is 10.7. The summed E-state index contributed by atoms with van der Waals surface area (Å²) in [5.41, 5.74) is 0.486. The van der Waals surface area contributed by atoms with E-state index < -0.39 is 5.97 Å². The highest BCUT2D eigenvalue weighted by atomic mass is 16.4. The summed E-state index contributed by atoms with van der Waals surface area (Å²) in [7, 11) is 0. The van der Waals surface area contributed by atoms with Crippen molar-refractivity contribution in [2.24, 2.45) is 5.92 Å². The molecule has 0 bridgehead atoms. The smallest absolute Gasteiger partial charge is 0.330 e. The van der Waals surface area contributed by atoms with E-state index in [-0.39, 0.29) is 0 Å². The minimum atomic E-state index is -0.788. The van der Waals surface area contributed by atoms with Gasteiger partial charge in [-0.2, -0.15) is 0 Å². The molecular formula is C14H26O2. The van der Waals surface area contributed by atoms with Crippen LogP contribution in [-0.4, -0.2) is 11.1 Å². The monoisotopic (exact) mass is 226 g/mol. The van der Waals surface area contributed by atoms with Crippen molar-refractivity contribution >= 4 is 5.97 Å². The van der Waals surface area contributed by atoms with E-state index in [1.165, 1.54) is 32.1 Å². The van der Waals surface area contributed by atoms with Gasteiger partial charge in [-0.3, -0.25) is 0 Å². The molecule has 0 aromatic rings. The van der Waals surface area contributed by atoms with Gasteiger partial charge in [-0.05, 0) is 25.7 Å². The predicted octanol–water partition coefficient (Wildman–Crippen LogP) is 4.40. The molecule has 16 heavy (non-hydrogen) atoms. The van der Waals surface area contributed by atoms with Gasteiger partial charge in [0.1, 0.15) is 0 Å². The van der Waals surface area contributed by atoms with E-state index in [0.29, 0.717) is 11.5 Å². The molecule has 1 unspecified atom stereocenters. The van der Waals surface area contributed by atoms with Gasteiger partial charge in [0.25, 0.3) is 0 Å². The van der Waals surface area contributed by atoms with Gasteiger partial charge in [0, 0.05) is 5.57 Å². The Morgan fingerprint density at radius 2 is 1.81 bits per heavy atom. The second-order valence-corrected chi connectivity index (χ2v) is 4.53. The second kappa shape index (κ2) is 9.44. The first-order valence-corrected chi connectivity index (χ1v) is 6.53. The lowest BCUT2D eigenvalue weighted by atomic mass is 9.96. The molecule has 1 atom stereocenters. The highest BCUT2D eigenvalue weighted by Gasteiger charge is 2.06. The van der Waals surface area contributed by atoms with E-state index in [2.05, 4.69) is 13.8 Å². The molecule has 0 aromatic carbocycles. The van der Waals surface area contributed by atoms with Crippen molar-refractivity contribution in [1.82, 2.24) is 0 Å². The molecule has 0 aliphatic rings. The highest BCUT2D eigenvalue weighted by Crippen LogP contribution is 2.17. The minimum absolute atomic E-state index is 0.442. The van der Waals surface area contributed by atoms with E-state index in [1.807, 2.05) is 6.08 Å². The Bertz CT molecular complexity index is 219. The van der Waals surface area contributed by atoms with Crippen molar-refractivity contribution in [3.05, 3.63) is 11.6 Å². The SMILES string of the molecule is CCCCCCCC(C=C(C)C(=O)O)CC. The first-order valence-electron chi connectivity index (χ1n) is 6.53. The van der Waals surface area contributed by atoms with Crippen LogP contribution in [0.3, 0.4) is 0 Å². The fourth-order valence-electron chi connectivity index (χ4n) is 1.84. The average Bonchev–Trinajstić information content (AvgIpc) is 2.26. The summed E-state index contributed by atoms with van der Waals surface area (Å²) in [6.07, 6.45) is 10.5. The zero-order chi connectivity index (χ0) is 12.4. The molecule has 0 heterocycles. The number of rotatable bonds is 9. The molecule has 0 amide bonds.